The van der Waals surface area contributed by atoms with Crippen LogP contribution in [0.25, 0.3) is 0 Å². The van der Waals surface area contributed by atoms with Gasteiger partial charge < -0.3 is 10.4 Å². The average Bonchev–Trinajstić information content (AvgIpc) is 2.39. The molecule has 0 saturated carbocycles. The topological polar surface area (TPSA) is 32.3 Å². The lowest BCUT2D eigenvalue weighted by Crippen LogP contribution is -2.41. The summed E-state index contributed by atoms with van der Waals surface area (Å²) in [6.07, 6.45) is 5.68. The van der Waals surface area contributed by atoms with Crippen molar-refractivity contribution in [3.05, 3.63) is 35.9 Å². The maximum Gasteiger partial charge on any atom is 0.0587 e. The Morgan fingerprint density at radius 3 is 2.11 bits per heavy atom. The minimum Gasteiger partial charge on any atom is -0.395 e. The van der Waals surface area contributed by atoms with Crippen LogP contribution < -0.4 is 5.32 Å². The minimum atomic E-state index is 0.176. The van der Waals surface area contributed by atoms with Gasteiger partial charge in [-0.1, -0.05) is 57.0 Å². The molecule has 1 aromatic rings. The lowest BCUT2D eigenvalue weighted by molar-refractivity contribution is 0.224. The molecule has 0 aliphatic carbocycles. The van der Waals surface area contributed by atoms with Gasteiger partial charge in [0.1, 0.15) is 0 Å². The molecule has 0 bridgehead atoms. The van der Waals surface area contributed by atoms with E-state index in [2.05, 4.69) is 43.4 Å². The summed E-state index contributed by atoms with van der Waals surface area (Å²) in [6, 6.07) is 11.1. The lowest BCUT2D eigenvalue weighted by atomic mass is 10.0. The summed E-state index contributed by atoms with van der Waals surface area (Å²) in [5, 5.41) is 13.1. The summed E-state index contributed by atoms with van der Waals surface area (Å²) in [6.45, 7) is 4.64. The van der Waals surface area contributed by atoms with Crippen molar-refractivity contribution in [3.63, 3.8) is 0 Å². The van der Waals surface area contributed by atoms with Crippen molar-refractivity contribution < 1.29 is 5.11 Å². The Morgan fingerprint density at radius 2 is 1.61 bits per heavy atom. The van der Waals surface area contributed by atoms with E-state index in [1.54, 1.807) is 0 Å². The first-order chi connectivity index (χ1) is 8.80. The second-order valence-corrected chi connectivity index (χ2v) is 5.01. The van der Waals surface area contributed by atoms with Gasteiger partial charge in [-0.25, -0.2) is 0 Å². The Kier molecular flexibility index (Phi) is 7.70. The molecule has 0 spiro atoms. The fourth-order valence-electron chi connectivity index (χ4n) is 2.42. The highest BCUT2D eigenvalue weighted by atomic mass is 16.3. The third kappa shape index (κ3) is 5.65. The van der Waals surface area contributed by atoms with E-state index >= 15 is 0 Å². The number of hydrogen-bond acceptors (Lipinski definition) is 2. The first kappa shape index (κ1) is 15.2. The molecule has 1 aromatic carbocycles. The van der Waals surface area contributed by atoms with Crippen LogP contribution in [-0.4, -0.2) is 23.8 Å². The Hall–Kier alpha value is -0.860. The lowest BCUT2D eigenvalue weighted by Gasteiger charge is -2.24. The monoisotopic (exact) mass is 249 g/mol. The van der Waals surface area contributed by atoms with Gasteiger partial charge in [-0.3, -0.25) is 0 Å². The van der Waals surface area contributed by atoms with Crippen molar-refractivity contribution in [2.45, 2.75) is 58.0 Å². The molecule has 0 aliphatic heterocycles. The van der Waals surface area contributed by atoms with Crippen molar-refractivity contribution in [3.8, 4) is 0 Å². The molecule has 18 heavy (non-hydrogen) atoms. The first-order valence-electron chi connectivity index (χ1n) is 7.21. The molecule has 1 atom stereocenters. The molecular weight excluding hydrogens is 222 g/mol. The zero-order valence-electron chi connectivity index (χ0n) is 11.7. The largest absolute Gasteiger partial charge is 0.395 e. The fourth-order valence-corrected chi connectivity index (χ4v) is 2.42. The van der Waals surface area contributed by atoms with Crippen LogP contribution in [0.5, 0.6) is 0 Å². The molecule has 0 radical (unpaired) electrons. The van der Waals surface area contributed by atoms with Crippen LogP contribution in [0, 0.1) is 0 Å². The zero-order chi connectivity index (χ0) is 13.2. The van der Waals surface area contributed by atoms with Gasteiger partial charge in [-0.05, 0) is 24.8 Å². The van der Waals surface area contributed by atoms with Crippen LogP contribution in [0.15, 0.2) is 30.3 Å². The van der Waals surface area contributed by atoms with Crippen LogP contribution in [-0.2, 0) is 6.42 Å². The standard InChI is InChI=1S/C16H27NO/c1-3-8-15(9-4-2)17-16(13-18)12-14-10-6-5-7-11-14/h5-7,10-11,15-18H,3-4,8-9,12-13H2,1-2H3. The van der Waals surface area contributed by atoms with E-state index in [-0.39, 0.29) is 12.6 Å². The molecule has 0 amide bonds. The summed E-state index contributed by atoms with van der Waals surface area (Å²) < 4.78 is 0. The Bertz CT molecular complexity index is 293. The van der Waals surface area contributed by atoms with Gasteiger partial charge in [0.05, 0.1) is 6.61 Å². The smallest absolute Gasteiger partial charge is 0.0587 e. The van der Waals surface area contributed by atoms with Crippen LogP contribution in [0.4, 0.5) is 0 Å². The molecular formula is C16H27NO. The predicted molar refractivity (Wildman–Crippen MR) is 77.8 cm³/mol. The summed E-state index contributed by atoms with van der Waals surface area (Å²) in [7, 11) is 0. The highest BCUT2D eigenvalue weighted by Crippen LogP contribution is 2.09. The Balaban J connectivity index is 2.49. The predicted octanol–water partition coefficient (Wildman–Crippen LogP) is 3.15. The first-order valence-corrected chi connectivity index (χ1v) is 7.21. The molecule has 0 aliphatic rings. The number of rotatable bonds is 9. The van der Waals surface area contributed by atoms with Crippen molar-refractivity contribution in [1.82, 2.24) is 5.32 Å². The average molecular weight is 249 g/mol. The number of hydrogen-bond donors (Lipinski definition) is 2. The SMILES string of the molecule is CCCC(CCC)NC(CO)Cc1ccccc1. The molecule has 102 valence electrons. The molecule has 0 saturated heterocycles. The van der Waals surface area contributed by atoms with E-state index in [4.69, 9.17) is 0 Å². The maximum absolute atomic E-state index is 9.51. The maximum atomic E-state index is 9.51. The van der Waals surface area contributed by atoms with E-state index in [0.29, 0.717) is 6.04 Å². The normalized spacial score (nSPS) is 12.9. The van der Waals surface area contributed by atoms with E-state index in [1.165, 1.54) is 31.2 Å². The van der Waals surface area contributed by atoms with Crippen molar-refractivity contribution in [2.75, 3.05) is 6.61 Å². The van der Waals surface area contributed by atoms with Crippen molar-refractivity contribution >= 4 is 0 Å². The number of aliphatic hydroxyl groups is 1. The van der Waals surface area contributed by atoms with Gasteiger partial charge in [0, 0.05) is 12.1 Å². The summed E-state index contributed by atoms with van der Waals surface area (Å²) >= 11 is 0. The second-order valence-electron chi connectivity index (χ2n) is 5.01. The second kappa shape index (κ2) is 9.12. The molecule has 0 heterocycles. The highest BCUT2D eigenvalue weighted by Gasteiger charge is 2.13. The van der Waals surface area contributed by atoms with Gasteiger partial charge in [0.2, 0.25) is 0 Å². The molecule has 0 fully saturated rings. The summed E-state index contributed by atoms with van der Waals surface area (Å²) in [5.74, 6) is 0. The van der Waals surface area contributed by atoms with E-state index in [9.17, 15) is 5.11 Å². The van der Waals surface area contributed by atoms with Gasteiger partial charge >= 0.3 is 0 Å². The van der Waals surface area contributed by atoms with Crippen LogP contribution >= 0.6 is 0 Å². The Labute approximate surface area is 111 Å². The quantitative estimate of drug-likeness (QED) is 0.704. The number of aliphatic hydroxyl groups excluding tert-OH is 1. The van der Waals surface area contributed by atoms with Gasteiger partial charge in [-0.15, -0.1) is 0 Å². The molecule has 2 heteroatoms. The van der Waals surface area contributed by atoms with Crippen molar-refractivity contribution in [2.24, 2.45) is 0 Å². The third-order valence-electron chi connectivity index (χ3n) is 3.29. The molecule has 1 rings (SSSR count). The molecule has 2 N–H and O–H groups in total. The molecule has 1 unspecified atom stereocenters. The molecule has 0 aromatic heterocycles. The Morgan fingerprint density at radius 1 is 1.00 bits per heavy atom. The minimum absolute atomic E-state index is 0.176. The third-order valence-corrected chi connectivity index (χ3v) is 3.29. The van der Waals surface area contributed by atoms with Gasteiger partial charge in [0.15, 0.2) is 0 Å². The van der Waals surface area contributed by atoms with Crippen LogP contribution in [0.2, 0.25) is 0 Å². The highest BCUT2D eigenvalue weighted by molar-refractivity contribution is 5.15. The van der Waals surface area contributed by atoms with E-state index in [1.807, 2.05) is 6.07 Å². The zero-order valence-corrected chi connectivity index (χ0v) is 11.7. The van der Waals surface area contributed by atoms with Gasteiger partial charge in [-0.2, -0.15) is 0 Å². The van der Waals surface area contributed by atoms with E-state index < -0.39 is 0 Å². The number of benzene rings is 1. The van der Waals surface area contributed by atoms with Crippen LogP contribution in [0.1, 0.15) is 45.1 Å². The van der Waals surface area contributed by atoms with Gasteiger partial charge in [0.25, 0.3) is 0 Å². The van der Waals surface area contributed by atoms with E-state index in [0.717, 1.165) is 6.42 Å². The summed E-state index contributed by atoms with van der Waals surface area (Å²) in [4.78, 5) is 0. The number of nitrogens with one attached hydrogen (secondary N) is 1. The fraction of sp³-hybridized carbons (Fsp3) is 0.625. The van der Waals surface area contributed by atoms with Crippen molar-refractivity contribution in [1.29, 1.82) is 0 Å². The molecule has 2 nitrogen and oxygen atoms in total. The summed E-state index contributed by atoms with van der Waals surface area (Å²) in [5.41, 5.74) is 1.29. The van der Waals surface area contributed by atoms with Crippen LogP contribution in [0.3, 0.4) is 0 Å².